The first-order valence-corrected chi connectivity index (χ1v) is 8.08. The molecule has 0 aliphatic rings. The zero-order valence-electron chi connectivity index (χ0n) is 13.9. The van der Waals surface area contributed by atoms with Crippen LogP contribution in [0.2, 0.25) is 0 Å². The molecule has 4 nitrogen and oxygen atoms in total. The molecule has 0 aliphatic carbocycles. The summed E-state index contributed by atoms with van der Waals surface area (Å²) < 4.78 is 1.46. The van der Waals surface area contributed by atoms with E-state index >= 15 is 0 Å². The molecule has 4 heteroatoms. The van der Waals surface area contributed by atoms with Gasteiger partial charge in [0.05, 0.1) is 5.69 Å². The van der Waals surface area contributed by atoms with Crippen LogP contribution >= 0.6 is 0 Å². The van der Waals surface area contributed by atoms with Gasteiger partial charge >= 0.3 is 0 Å². The molecule has 2 aromatic carbocycles. The van der Waals surface area contributed by atoms with Crippen molar-refractivity contribution >= 4 is 22.4 Å². The number of carbonyl (C=O) groups excluding carboxylic acids is 1. The van der Waals surface area contributed by atoms with Crippen molar-refractivity contribution in [3.05, 3.63) is 76.7 Å². The smallest absolute Gasteiger partial charge is 0.258 e. The number of amides is 1. The fraction of sp³-hybridized carbons (Fsp3) is 0.200. The molecule has 1 aromatic heterocycles. The lowest BCUT2D eigenvalue weighted by Crippen LogP contribution is -2.33. The Bertz CT molecular complexity index is 938. The third-order valence-electron chi connectivity index (χ3n) is 4.10. The van der Waals surface area contributed by atoms with Gasteiger partial charge in [0.1, 0.15) is 0 Å². The molecule has 122 valence electrons. The van der Waals surface area contributed by atoms with Gasteiger partial charge in [0.15, 0.2) is 0 Å². The standard InChI is InChI=1S/C20H20N2O2/c1-3-12-22(20(24)16-11-13-21(2)19(23)14-16)18-10-6-8-15-7-4-5-9-17(15)18/h4-11,13-14H,3,12H2,1-2H3. The van der Waals surface area contributed by atoms with Crippen LogP contribution in [0, 0.1) is 0 Å². The van der Waals surface area contributed by atoms with Gasteiger partial charge in [-0.05, 0) is 23.9 Å². The summed E-state index contributed by atoms with van der Waals surface area (Å²) in [5, 5.41) is 2.12. The normalized spacial score (nSPS) is 10.8. The van der Waals surface area contributed by atoms with Crippen LogP contribution in [0.3, 0.4) is 0 Å². The van der Waals surface area contributed by atoms with Gasteiger partial charge < -0.3 is 9.47 Å². The topological polar surface area (TPSA) is 42.3 Å². The van der Waals surface area contributed by atoms with Crippen molar-refractivity contribution in [2.24, 2.45) is 7.05 Å². The fourth-order valence-corrected chi connectivity index (χ4v) is 2.84. The van der Waals surface area contributed by atoms with Crippen molar-refractivity contribution in [3.8, 4) is 0 Å². The minimum absolute atomic E-state index is 0.147. The second-order valence-corrected chi connectivity index (χ2v) is 5.82. The zero-order valence-corrected chi connectivity index (χ0v) is 13.9. The van der Waals surface area contributed by atoms with E-state index in [0.29, 0.717) is 12.1 Å². The molecule has 1 amide bonds. The first kappa shape index (κ1) is 16.0. The molecule has 0 atom stereocenters. The van der Waals surface area contributed by atoms with E-state index in [1.165, 1.54) is 10.6 Å². The summed E-state index contributed by atoms with van der Waals surface area (Å²) in [4.78, 5) is 26.6. The molecule has 0 saturated heterocycles. The van der Waals surface area contributed by atoms with E-state index in [1.807, 2.05) is 49.4 Å². The molecular weight excluding hydrogens is 300 g/mol. The molecular formula is C20H20N2O2. The lowest BCUT2D eigenvalue weighted by molar-refractivity contribution is 0.0987. The summed E-state index contributed by atoms with van der Waals surface area (Å²) in [6.45, 7) is 2.64. The van der Waals surface area contributed by atoms with Gasteiger partial charge in [-0.15, -0.1) is 0 Å². The third kappa shape index (κ3) is 2.95. The monoisotopic (exact) mass is 320 g/mol. The molecule has 0 aliphatic heterocycles. The SMILES string of the molecule is CCCN(C(=O)c1ccn(C)c(=O)c1)c1cccc2ccccc12. The van der Waals surface area contributed by atoms with Crippen LogP contribution in [0.25, 0.3) is 10.8 Å². The first-order chi connectivity index (χ1) is 11.6. The summed E-state index contributed by atoms with van der Waals surface area (Å²) in [6.07, 6.45) is 2.46. The Morgan fingerprint density at radius 2 is 1.83 bits per heavy atom. The van der Waals surface area contributed by atoms with Gasteiger partial charge in [-0.2, -0.15) is 0 Å². The number of rotatable bonds is 4. The van der Waals surface area contributed by atoms with Gasteiger partial charge in [-0.25, -0.2) is 0 Å². The minimum atomic E-state index is -0.185. The quantitative estimate of drug-likeness (QED) is 0.737. The van der Waals surface area contributed by atoms with Crippen LogP contribution in [0.15, 0.2) is 65.6 Å². The number of pyridine rings is 1. The van der Waals surface area contributed by atoms with Crippen LogP contribution < -0.4 is 10.5 Å². The van der Waals surface area contributed by atoms with E-state index in [1.54, 1.807) is 24.2 Å². The Morgan fingerprint density at radius 1 is 1.08 bits per heavy atom. The Morgan fingerprint density at radius 3 is 2.58 bits per heavy atom. The Labute approximate surface area is 141 Å². The summed E-state index contributed by atoms with van der Waals surface area (Å²) in [6, 6.07) is 17.0. The molecule has 0 spiro atoms. The largest absolute Gasteiger partial charge is 0.319 e. The molecule has 0 saturated carbocycles. The average Bonchev–Trinajstić information content (AvgIpc) is 2.61. The van der Waals surface area contributed by atoms with Crippen molar-refractivity contribution in [2.45, 2.75) is 13.3 Å². The fourth-order valence-electron chi connectivity index (χ4n) is 2.84. The molecule has 0 N–H and O–H groups in total. The number of anilines is 1. The maximum absolute atomic E-state index is 13.0. The number of benzene rings is 2. The van der Waals surface area contributed by atoms with Crippen molar-refractivity contribution in [3.63, 3.8) is 0 Å². The van der Waals surface area contributed by atoms with E-state index < -0.39 is 0 Å². The predicted octanol–water partition coefficient (Wildman–Crippen LogP) is 3.60. The molecule has 24 heavy (non-hydrogen) atoms. The number of hydrogen-bond donors (Lipinski definition) is 0. The summed E-state index contributed by atoms with van der Waals surface area (Å²) in [7, 11) is 1.67. The Kier molecular flexibility index (Phi) is 4.47. The van der Waals surface area contributed by atoms with E-state index in [0.717, 1.165) is 22.9 Å². The van der Waals surface area contributed by atoms with Crippen molar-refractivity contribution in [2.75, 3.05) is 11.4 Å². The molecule has 3 aromatic rings. The molecule has 0 radical (unpaired) electrons. The van der Waals surface area contributed by atoms with Crippen LogP contribution in [0.1, 0.15) is 23.7 Å². The number of aromatic nitrogens is 1. The highest BCUT2D eigenvalue weighted by Crippen LogP contribution is 2.28. The lowest BCUT2D eigenvalue weighted by Gasteiger charge is -2.24. The second kappa shape index (κ2) is 6.71. The van der Waals surface area contributed by atoms with Gasteiger partial charge in [-0.1, -0.05) is 43.3 Å². The van der Waals surface area contributed by atoms with Crippen LogP contribution in [0.5, 0.6) is 0 Å². The summed E-state index contributed by atoms with van der Waals surface area (Å²) >= 11 is 0. The van der Waals surface area contributed by atoms with Gasteiger partial charge in [0, 0.05) is 36.8 Å². The predicted molar refractivity (Wildman–Crippen MR) is 97.6 cm³/mol. The highest BCUT2D eigenvalue weighted by Gasteiger charge is 2.19. The molecule has 3 rings (SSSR count). The number of fused-ring (bicyclic) bond motifs is 1. The minimum Gasteiger partial charge on any atom is -0.319 e. The van der Waals surface area contributed by atoms with E-state index in [-0.39, 0.29) is 11.5 Å². The van der Waals surface area contributed by atoms with Gasteiger partial charge in [0.25, 0.3) is 11.5 Å². The van der Waals surface area contributed by atoms with Crippen molar-refractivity contribution in [1.29, 1.82) is 0 Å². The van der Waals surface area contributed by atoms with Gasteiger partial charge in [-0.3, -0.25) is 9.59 Å². The number of carbonyl (C=O) groups is 1. The average molecular weight is 320 g/mol. The molecule has 0 unspecified atom stereocenters. The number of nitrogens with zero attached hydrogens (tertiary/aromatic N) is 2. The second-order valence-electron chi connectivity index (χ2n) is 5.82. The van der Waals surface area contributed by atoms with E-state index in [2.05, 4.69) is 0 Å². The van der Waals surface area contributed by atoms with Gasteiger partial charge in [0.2, 0.25) is 0 Å². The Hall–Kier alpha value is -2.88. The molecule has 1 heterocycles. The molecule has 0 fully saturated rings. The van der Waals surface area contributed by atoms with E-state index in [4.69, 9.17) is 0 Å². The first-order valence-electron chi connectivity index (χ1n) is 8.08. The zero-order chi connectivity index (χ0) is 17.1. The third-order valence-corrected chi connectivity index (χ3v) is 4.10. The Balaban J connectivity index is 2.10. The van der Waals surface area contributed by atoms with Crippen LogP contribution in [0.4, 0.5) is 5.69 Å². The maximum Gasteiger partial charge on any atom is 0.258 e. The lowest BCUT2D eigenvalue weighted by atomic mass is 10.1. The maximum atomic E-state index is 13.0. The van der Waals surface area contributed by atoms with Crippen LogP contribution in [-0.2, 0) is 7.05 Å². The number of aryl methyl sites for hydroxylation is 1. The molecule has 0 bridgehead atoms. The summed E-state index contributed by atoms with van der Waals surface area (Å²) in [5.74, 6) is -0.147. The van der Waals surface area contributed by atoms with Crippen molar-refractivity contribution < 1.29 is 4.79 Å². The van der Waals surface area contributed by atoms with Crippen molar-refractivity contribution in [1.82, 2.24) is 4.57 Å². The highest BCUT2D eigenvalue weighted by atomic mass is 16.2. The highest BCUT2D eigenvalue weighted by molar-refractivity contribution is 6.10. The van der Waals surface area contributed by atoms with Crippen LogP contribution in [-0.4, -0.2) is 17.0 Å². The summed E-state index contributed by atoms with van der Waals surface area (Å²) in [5.41, 5.74) is 1.11. The number of hydrogen-bond acceptors (Lipinski definition) is 2. The van der Waals surface area contributed by atoms with E-state index in [9.17, 15) is 9.59 Å².